The third-order valence-electron chi connectivity index (χ3n) is 4.43. The zero-order valence-corrected chi connectivity index (χ0v) is 13.0. The molecule has 124 valence electrons. The molecule has 1 aromatic heterocycles. The van der Waals surface area contributed by atoms with Gasteiger partial charge in [-0.2, -0.15) is 0 Å². The summed E-state index contributed by atoms with van der Waals surface area (Å²) in [5.74, 6) is -4.31. The average Bonchev–Trinajstić information content (AvgIpc) is 2.59. The number of Topliss-reactive ketones (excluding diaryl/α,β-unsaturated/α-hetero) is 1. The Labute approximate surface area is 138 Å². The summed E-state index contributed by atoms with van der Waals surface area (Å²) in [6.07, 6.45) is 3.08. The van der Waals surface area contributed by atoms with Crippen LogP contribution in [0.2, 0.25) is 0 Å². The minimum absolute atomic E-state index is 0.00822. The summed E-state index contributed by atoms with van der Waals surface area (Å²) in [5.41, 5.74) is 2.50. The van der Waals surface area contributed by atoms with Crippen molar-refractivity contribution in [1.29, 1.82) is 0 Å². The smallest absolute Gasteiger partial charge is 0.194 e. The summed E-state index contributed by atoms with van der Waals surface area (Å²) in [5, 5.41) is 0. The number of carbonyl (C=O) groups excluding carboxylic acids is 1. The number of halogens is 3. The largest absolute Gasteiger partial charge is 0.299 e. The molecule has 2 aromatic rings. The van der Waals surface area contributed by atoms with E-state index in [2.05, 4.69) is 11.6 Å². The molecule has 0 aliphatic heterocycles. The molecule has 0 saturated carbocycles. The first kappa shape index (κ1) is 16.4. The number of allylic oxidation sites excluding steroid dienone is 1. The van der Waals surface area contributed by atoms with Crippen molar-refractivity contribution in [3.05, 3.63) is 71.3 Å². The first-order chi connectivity index (χ1) is 11.5. The molecule has 0 amide bonds. The van der Waals surface area contributed by atoms with Gasteiger partial charge >= 0.3 is 0 Å². The van der Waals surface area contributed by atoms with E-state index in [9.17, 15) is 18.0 Å². The summed E-state index contributed by atoms with van der Waals surface area (Å²) >= 11 is 0. The van der Waals surface area contributed by atoms with Crippen molar-refractivity contribution in [3.8, 4) is 0 Å². The first-order valence-electron chi connectivity index (χ1n) is 7.77. The van der Waals surface area contributed by atoms with Crippen LogP contribution in [0.1, 0.15) is 42.0 Å². The molecule has 0 radical (unpaired) electrons. The van der Waals surface area contributed by atoms with Gasteiger partial charge in [-0.1, -0.05) is 18.7 Å². The Kier molecular flexibility index (Phi) is 4.51. The SMILES string of the molecule is C=C1CCC(C(=O)CCc2ccc(F)c(F)c2F)c2cccnc21. The molecule has 0 saturated heterocycles. The summed E-state index contributed by atoms with van der Waals surface area (Å²) in [4.78, 5) is 16.8. The van der Waals surface area contributed by atoms with E-state index >= 15 is 0 Å². The standard InChI is InChI=1S/C19H16F3NO/c1-11-4-7-13(14-3-2-10-23-19(11)14)16(24)9-6-12-5-8-15(20)18(22)17(12)21/h2-3,5,8,10,13H,1,4,6-7,9H2. The maximum atomic E-state index is 13.7. The Morgan fingerprint density at radius 2 is 2.00 bits per heavy atom. The van der Waals surface area contributed by atoms with E-state index in [0.717, 1.165) is 22.9 Å². The van der Waals surface area contributed by atoms with Crippen molar-refractivity contribution < 1.29 is 18.0 Å². The lowest BCUT2D eigenvalue weighted by molar-refractivity contribution is -0.120. The molecule has 1 aliphatic rings. The van der Waals surface area contributed by atoms with Crippen LogP contribution in [-0.4, -0.2) is 10.8 Å². The number of ketones is 1. The lowest BCUT2D eigenvalue weighted by Gasteiger charge is -2.25. The number of nitrogens with zero attached hydrogens (tertiary/aromatic N) is 1. The molecule has 1 heterocycles. The van der Waals surface area contributed by atoms with Gasteiger partial charge in [-0.3, -0.25) is 9.78 Å². The number of fused-ring (bicyclic) bond motifs is 1. The summed E-state index contributed by atoms with van der Waals surface area (Å²) < 4.78 is 39.9. The minimum atomic E-state index is -1.50. The van der Waals surface area contributed by atoms with Crippen molar-refractivity contribution in [2.75, 3.05) is 0 Å². The van der Waals surface area contributed by atoms with Gasteiger partial charge in [-0.05, 0) is 48.1 Å². The topological polar surface area (TPSA) is 30.0 Å². The summed E-state index contributed by atoms with van der Waals surface area (Å²) in [7, 11) is 0. The highest BCUT2D eigenvalue weighted by Gasteiger charge is 2.28. The van der Waals surface area contributed by atoms with Crippen LogP contribution in [0, 0.1) is 17.5 Å². The lowest BCUT2D eigenvalue weighted by Crippen LogP contribution is -2.19. The van der Waals surface area contributed by atoms with Crippen molar-refractivity contribution in [2.45, 2.75) is 31.6 Å². The number of aromatic nitrogens is 1. The van der Waals surface area contributed by atoms with Crippen LogP contribution >= 0.6 is 0 Å². The Bertz CT molecular complexity index is 816. The average molecular weight is 331 g/mol. The Morgan fingerprint density at radius 1 is 1.21 bits per heavy atom. The molecule has 24 heavy (non-hydrogen) atoms. The molecule has 1 aliphatic carbocycles. The van der Waals surface area contributed by atoms with E-state index in [1.54, 1.807) is 12.3 Å². The Morgan fingerprint density at radius 3 is 2.79 bits per heavy atom. The van der Waals surface area contributed by atoms with Crippen LogP contribution in [0.15, 0.2) is 37.0 Å². The minimum Gasteiger partial charge on any atom is -0.299 e. The quantitative estimate of drug-likeness (QED) is 0.767. The maximum absolute atomic E-state index is 13.7. The molecular formula is C19H16F3NO. The van der Waals surface area contributed by atoms with Crippen LogP contribution in [-0.2, 0) is 11.2 Å². The number of carbonyl (C=O) groups is 1. The van der Waals surface area contributed by atoms with E-state index in [4.69, 9.17) is 0 Å². The zero-order valence-electron chi connectivity index (χ0n) is 13.0. The number of rotatable bonds is 4. The van der Waals surface area contributed by atoms with Crippen molar-refractivity contribution in [1.82, 2.24) is 4.98 Å². The predicted molar refractivity (Wildman–Crippen MR) is 84.9 cm³/mol. The Balaban J connectivity index is 1.76. The molecule has 1 atom stereocenters. The second-order valence-electron chi connectivity index (χ2n) is 5.94. The molecule has 0 N–H and O–H groups in total. The molecule has 5 heteroatoms. The summed E-state index contributed by atoms with van der Waals surface area (Å²) in [6.45, 7) is 3.97. The molecule has 1 aromatic carbocycles. The van der Waals surface area contributed by atoms with E-state index < -0.39 is 17.5 Å². The maximum Gasteiger partial charge on any atom is 0.194 e. The van der Waals surface area contributed by atoms with E-state index in [1.807, 2.05) is 6.07 Å². The van der Waals surface area contributed by atoms with Crippen LogP contribution in [0.3, 0.4) is 0 Å². The molecule has 3 rings (SSSR count). The van der Waals surface area contributed by atoms with Crippen LogP contribution in [0.25, 0.3) is 5.57 Å². The van der Waals surface area contributed by atoms with Gasteiger partial charge in [0, 0.05) is 18.5 Å². The highest BCUT2D eigenvalue weighted by molar-refractivity contribution is 5.88. The van der Waals surface area contributed by atoms with Gasteiger partial charge in [0.15, 0.2) is 17.5 Å². The van der Waals surface area contributed by atoms with E-state index in [-0.39, 0.29) is 30.1 Å². The van der Waals surface area contributed by atoms with Crippen LogP contribution < -0.4 is 0 Å². The van der Waals surface area contributed by atoms with E-state index in [1.165, 1.54) is 6.07 Å². The molecule has 0 bridgehead atoms. The second kappa shape index (κ2) is 6.59. The van der Waals surface area contributed by atoms with Crippen LogP contribution in [0.5, 0.6) is 0 Å². The fraction of sp³-hybridized carbons (Fsp3) is 0.263. The highest BCUT2D eigenvalue weighted by Crippen LogP contribution is 2.37. The third kappa shape index (κ3) is 2.98. The van der Waals surface area contributed by atoms with Gasteiger partial charge in [-0.15, -0.1) is 0 Å². The van der Waals surface area contributed by atoms with Gasteiger partial charge < -0.3 is 0 Å². The molecule has 2 nitrogen and oxygen atoms in total. The van der Waals surface area contributed by atoms with Gasteiger partial charge in [0.25, 0.3) is 0 Å². The highest BCUT2D eigenvalue weighted by atomic mass is 19.2. The van der Waals surface area contributed by atoms with Crippen molar-refractivity contribution in [3.63, 3.8) is 0 Å². The van der Waals surface area contributed by atoms with Gasteiger partial charge in [0.1, 0.15) is 5.78 Å². The molecule has 1 unspecified atom stereocenters. The fourth-order valence-corrected chi connectivity index (χ4v) is 3.11. The van der Waals surface area contributed by atoms with Gasteiger partial charge in [-0.25, -0.2) is 13.2 Å². The number of hydrogen-bond donors (Lipinski definition) is 0. The number of hydrogen-bond acceptors (Lipinski definition) is 2. The molecule has 0 fully saturated rings. The lowest BCUT2D eigenvalue weighted by atomic mass is 9.79. The fourth-order valence-electron chi connectivity index (χ4n) is 3.11. The number of aryl methyl sites for hydroxylation is 1. The van der Waals surface area contributed by atoms with Gasteiger partial charge in [0.05, 0.1) is 5.69 Å². The van der Waals surface area contributed by atoms with Crippen molar-refractivity contribution >= 4 is 11.4 Å². The van der Waals surface area contributed by atoms with Crippen LogP contribution in [0.4, 0.5) is 13.2 Å². The zero-order chi connectivity index (χ0) is 17.3. The predicted octanol–water partition coefficient (Wildman–Crippen LogP) is 4.59. The monoisotopic (exact) mass is 331 g/mol. The molecular weight excluding hydrogens is 315 g/mol. The number of pyridine rings is 1. The number of benzene rings is 1. The summed E-state index contributed by atoms with van der Waals surface area (Å²) in [6, 6.07) is 5.68. The third-order valence-corrected chi connectivity index (χ3v) is 4.43. The second-order valence-corrected chi connectivity index (χ2v) is 5.94. The van der Waals surface area contributed by atoms with Gasteiger partial charge in [0.2, 0.25) is 0 Å². The van der Waals surface area contributed by atoms with Crippen molar-refractivity contribution in [2.24, 2.45) is 0 Å². The normalized spacial score (nSPS) is 16.8. The van der Waals surface area contributed by atoms with E-state index in [0.29, 0.717) is 12.8 Å². The Hall–Kier alpha value is -2.43. The molecule has 0 spiro atoms. The first-order valence-corrected chi connectivity index (χ1v) is 7.77.